The second kappa shape index (κ2) is 2.90. The smallest absolute Gasteiger partial charge is 0.0335 e. The van der Waals surface area contributed by atoms with Crippen LogP contribution in [-0.4, -0.2) is 6.54 Å². The fourth-order valence-corrected chi connectivity index (χ4v) is 3.28. The summed E-state index contributed by atoms with van der Waals surface area (Å²) in [4.78, 5) is 0. The number of rotatable bonds is 0. The summed E-state index contributed by atoms with van der Waals surface area (Å²) in [5, 5.41) is 3.56. The van der Waals surface area contributed by atoms with Gasteiger partial charge in [-0.15, -0.1) is 0 Å². The van der Waals surface area contributed by atoms with Crippen LogP contribution in [-0.2, 0) is 0 Å². The van der Waals surface area contributed by atoms with Crippen LogP contribution < -0.4 is 5.32 Å². The zero-order chi connectivity index (χ0) is 8.67. The molecule has 2 aliphatic carbocycles. The Morgan fingerprint density at radius 2 is 2.23 bits per heavy atom. The van der Waals surface area contributed by atoms with Crippen LogP contribution in [0.5, 0.6) is 0 Å². The van der Waals surface area contributed by atoms with Gasteiger partial charge in [-0.3, -0.25) is 0 Å². The van der Waals surface area contributed by atoms with Crippen molar-refractivity contribution in [1.29, 1.82) is 0 Å². The van der Waals surface area contributed by atoms with E-state index in [0.29, 0.717) is 0 Å². The first-order valence-corrected chi connectivity index (χ1v) is 5.58. The average Bonchev–Trinajstić information content (AvgIpc) is 2.72. The van der Waals surface area contributed by atoms with E-state index in [0.717, 1.165) is 11.8 Å². The van der Waals surface area contributed by atoms with Gasteiger partial charge in [0.1, 0.15) is 0 Å². The van der Waals surface area contributed by atoms with Crippen LogP contribution in [0.1, 0.15) is 32.1 Å². The maximum atomic E-state index is 3.56. The van der Waals surface area contributed by atoms with E-state index < -0.39 is 0 Å². The van der Waals surface area contributed by atoms with Gasteiger partial charge in [-0.2, -0.15) is 0 Å². The summed E-state index contributed by atoms with van der Waals surface area (Å²) in [6.07, 6.45) is 11.6. The third-order valence-electron chi connectivity index (χ3n) is 3.91. The van der Waals surface area contributed by atoms with Crippen molar-refractivity contribution in [3.63, 3.8) is 0 Å². The summed E-state index contributed by atoms with van der Waals surface area (Å²) in [6.45, 7) is 1.20. The second-order valence-electron chi connectivity index (χ2n) is 4.56. The van der Waals surface area contributed by atoms with E-state index in [1.807, 2.05) is 0 Å². The Morgan fingerprint density at radius 3 is 3.23 bits per heavy atom. The first kappa shape index (κ1) is 7.66. The highest BCUT2D eigenvalue weighted by atomic mass is 14.9. The SMILES string of the molecule is C1=CC2=C(C1)C1CCCC1CCN2. The van der Waals surface area contributed by atoms with Crippen molar-refractivity contribution in [3.05, 3.63) is 23.4 Å². The second-order valence-corrected chi connectivity index (χ2v) is 4.56. The minimum absolute atomic E-state index is 0.931. The van der Waals surface area contributed by atoms with E-state index >= 15 is 0 Å². The molecule has 2 unspecified atom stereocenters. The lowest BCUT2D eigenvalue weighted by atomic mass is 9.86. The van der Waals surface area contributed by atoms with Gasteiger partial charge in [0, 0.05) is 12.2 Å². The molecule has 1 fully saturated rings. The molecule has 1 nitrogen and oxygen atoms in total. The normalized spacial score (nSPS) is 36.9. The molecule has 1 heteroatoms. The van der Waals surface area contributed by atoms with Crippen LogP contribution in [0.3, 0.4) is 0 Å². The lowest BCUT2D eigenvalue weighted by molar-refractivity contribution is 0.417. The van der Waals surface area contributed by atoms with Gasteiger partial charge in [0.25, 0.3) is 0 Å². The molecule has 0 radical (unpaired) electrons. The first-order chi connectivity index (χ1) is 6.45. The number of hydrogen-bond acceptors (Lipinski definition) is 1. The highest BCUT2D eigenvalue weighted by Gasteiger charge is 2.33. The highest BCUT2D eigenvalue weighted by Crippen LogP contribution is 2.43. The van der Waals surface area contributed by atoms with Gasteiger partial charge in [0.15, 0.2) is 0 Å². The van der Waals surface area contributed by atoms with Gasteiger partial charge in [0.2, 0.25) is 0 Å². The summed E-state index contributed by atoms with van der Waals surface area (Å²) in [5.74, 6) is 1.93. The molecule has 2 atom stereocenters. The number of fused-ring (bicyclic) bond motifs is 2. The lowest BCUT2D eigenvalue weighted by Gasteiger charge is -2.18. The third-order valence-corrected chi connectivity index (χ3v) is 3.91. The van der Waals surface area contributed by atoms with Gasteiger partial charge in [-0.25, -0.2) is 0 Å². The fraction of sp³-hybridized carbons (Fsp3) is 0.667. The first-order valence-electron chi connectivity index (χ1n) is 5.58. The van der Waals surface area contributed by atoms with E-state index in [9.17, 15) is 0 Å². The van der Waals surface area contributed by atoms with Gasteiger partial charge in [0.05, 0.1) is 0 Å². The van der Waals surface area contributed by atoms with Crippen molar-refractivity contribution in [2.24, 2.45) is 11.8 Å². The average molecular weight is 175 g/mol. The monoisotopic (exact) mass is 175 g/mol. The molecule has 0 amide bonds. The molecule has 0 spiro atoms. The van der Waals surface area contributed by atoms with Crippen LogP contribution in [0.4, 0.5) is 0 Å². The molecule has 0 aromatic rings. The van der Waals surface area contributed by atoms with Crippen molar-refractivity contribution < 1.29 is 0 Å². The summed E-state index contributed by atoms with van der Waals surface area (Å²) in [6, 6.07) is 0. The van der Waals surface area contributed by atoms with Crippen molar-refractivity contribution in [2.45, 2.75) is 32.1 Å². The van der Waals surface area contributed by atoms with E-state index in [1.165, 1.54) is 44.3 Å². The summed E-state index contributed by atoms with van der Waals surface area (Å²) in [5.41, 5.74) is 3.19. The molecule has 1 saturated carbocycles. The Morgan fingerprint density at radius 1 is 1.23 bits per heavy atom. The molecule has 13 heavy (non-hydrogen) atoms. The fourth-order valence-electron chi connectivity index (χ4n) is 3.28. The Kier molecular flexibility index (Phi) is 1.71. The molecule has 1 aliphatic heterocycles. The quantitative estimate of drug-likeness (QED) is 0.596. The molecule has 1 N–H and O–H groups in total. The van der Waals surface area contributed by atoms with Gasteiger partial charge in [-0.1, -0.05) is 12.5 Å². The van der Waals surface area contributed by atoms with E-state index in [-0.39, 0.29) is 0 Å². The molecule has 0 aromatic heterocycles. The molecule has 0 saturated heterocycles. The predicted octanol–water partition coefficient (Wildman–Crippen LogP) is 2.61. The Labute approximate surface area is 79.9 Å². The molecule has 3 aliphatic rings. The molecule has 3 rings (SSSR count). The Bertz CT molecular complexity index is 275. The van der Waals surface area contributed by atoms with Gasteiger partial charge >= 0.3 is 0 Å². The Balaban J connectivity index is 1.94. The van der Waals surface area contributed by atoms with Crippen molar-refractivity contribution in [2.75, 3.05) is 6.54 Å². The number of hydrogen-bond donors (Lipinski definition) is 1. The predicted molar refractivity (Wildman–Crippen MR) is 54.2 cm³/mol. The molecule has 70 valence electrons. The van der Waals surface area contributed by atoms with Crippen LogP contribution >= 0.6 is 0 Å². The topological polar surface area (TPSA) is 12.0 Å². The molecule has 1 heterocycles. The molecular weight excluding hydrogens is 158 g/mol. The maximum absolute atomic E-state index is 3.56. The summed E-state index contributed by atoms with van der Waals surface area (Å²) >= 11 is 0. The molecular formula is C12H17N. The van der Waals surface area contributed by atoms with Crippen LogP contribution in [0, 0.1) is 11.8 Å². The zero-order valence-corrected chi connectivity index (χ0v) is 8.05. The van der Waals surface area contributed by atoms with Gasteiger partial charge in [-0.05, 0) is 49.2 Å². The lowest BCUT2D eigenvalue weighted by Crippen LogP contribution is -2.12. The zero-order valence-electron chi connectivity index (χ0n) is 8.05. The highest BCUT2D eigenvalue weighted by molar-refractivity contribution is 5.35. The molecule has 0 bridgehead atoms. The standard InChI is InChI=1S/C12H17N/c1-3-9-7-8-13-12-6-2-5-11(12)10(9)4-1/h2,6,9-10,13H,1,3-5,7-8H2. The van der Waals surface area contributed by atoms with E-state index in [2.05, 4.69) is 17.5 Å². The third kappa shape index (κ3) is 1.13. The Hall–Kier alpha value is -0.720. The minimum atomic E-state index is 0.931. The van der Waals surface area contributed by atoms with E-state index in [4.69, 9.17) is 0 Å². The molecule has 0 aromatic carbocycles. The van der Waals surface area contributed by atoms with Crippen LogP contribution in [0.15, 0.2) is 23.4 Å². The van der Waals surface area contributed by atoms with E-state index in [1.54, 1.807) is 5.57 Å². The van der Waals surface area contributed by atoms with Crippen molar-refractivity contribution in [3.8, 4) is 0 Å². The van der Waals surface area contributed by atoms with Crippen LogP contribution in [0.25, 0.3) is 0 Å². The van der Waals surface area contributed by atoms with Crippen molar-refractivity contribution >= 4 is 0 Å². The number of nitrogens with one attached hydrogen (secondary N) is 1. The minimum Gasteiger partial charge on any atom is -0.385 e. The van der Waals surface area contributed by atoms with Crippen LogP contribution in [0.2, 0.25) is 0 Å². The van der Waals surface area contributed by atoms with Crippen molar-refractivity contribution in [1.82, 2.24) is 5.32 Å². The largest absolute Gasteiger partial charge is 0.385 e. The maximum Gasteiger partial charge on any atom is 0.0335 e. The number of allylic oxidation sites excluding steroid dienone is 3. The van der Waals surface area contributed by atoms with Gasteiger partial charge < -0.3 is 5.32 Å². The summed E-state index contributed by atoms with van der Waals surface area (Å²) < 4.78 is 0. The summed E-state index contributed by atoms with van der Waals surface area (Å²) in [7, 11) is 0.